The van der Waals surface area contributed by atoms with Gasteiger partial charge >= 0.3 is 6.03 Å². The highest BCUT2D eigenvalue weighted by atomic mass is 35.5. The Morgan fingerprint density at radius 1 is 1.26 bits per heavy atom. The number of hydrogen-bond donors (Lipinski definition) is 3. The smallest absolute Gasteiger partial charge is 0.319 e. The predicted octanol–water partition coefficient (Wildman–Crippen LogP) is 4.50. The van der Waals surface area contributed by atoms with E-state index in [1.54, 1.807) is 32.9 Å². The number of halogens is 1. The minimum Gasteiger partial charge on any atom is -0.411 e. The fourth-order valence-electron chi connectivity index (χ4n) is 2.44. The van der Waals surface area contributed by atoms with Gasteiger partial charge in [0.1, 0.15) is 5.02 Å². The molecule has 0 fully saturated rings. The van der Waals surface area contributed by atoms with Crippen molar-refractivity contribution >= 4 is 34.7 Å². The molecule has 0 unspecified atom stereocenters. The number of oxime groups is 1. The van der Waals surface area contributed by atoms with Crippen LogP contribution in [-0.2, 0) is 5.54 Å². The molecule has 0 heterocycles. The number of carbonyl (C=O) groups is 1. The van der Waals surface area contributed by atoms with Gasteiger partial charge in [-0.2, -0.15) is 0 Å². The number of nitro benzene ring substituents is 1. The van der Waals surface area contributed by atoms with Gasteiger partial charge in [-0.15, -0.1) is 0 Å². The van der Waals surface area contributed by atoms with Gasteiger partial charge in [0, 0.05) is 11.8 Å². The second-order valence-electron chi connectivity index (χ2n) is 6.39. The van der Waals surface area contributed by atoms with Crippen LogP contribution in [0.5, 0.6) is 0 Å². The zero-order valence-corrected chi connectivity index (χ0v) is 15.7. The number of nitrogens with one attached hydrogen (secondary N) is 2. The van der Waals surface area contributed by atoms with Crippen LogP contribution in [0.25, 0.3) is 0 Å². The number of hydrogen-bond acceptors (Lipinski definition) is 5. The topological polar surface area (TPSA) is 117 Å². The molecule has 0 saturated carbocycles. The SMILES string of the molecule is CC(=NO)c1cccc(C(C)(C)NC(=O)Nc2ccc(Cl)c([N+](=O)[O-])c2)c1. The Morgan fingerprint density at radius 3 is 2.59 bits per heavy atom. The van der Waals surface area contributed by atoms with Crippen molar-refractivity contribution in [1.29, 1.82) is 0 Å². The second kappa shape index (κ2) is 8.05. The van der Waals surface area contributed by atoms with Crippen LogP contribution < -0.4 is 10.6 Å². The number of anilines is 1. The van der Waals surface area contributed by atoms with Gasteiger partial charge in [0.2, 0.25) is 0 Å². The molecular weight excluding hydrogens is 372 g/mol. The Hall–Kier alpha value is -3.13. The fraction of sp³-hybridized carbons (Fsp3) is 0.222. The summed E-state index contributed by atoms with van der Waals surface area (Å²) in [6, 6.07) is 10.7. The average Bonchev–Trinajstić information content (AvgIpc) is 2.62. The fourth-order valence-corrected chi connectivity index (χ4v) is 2.63. The number of nitrogens with zero attached hydrogens (tertiary/aromatic N) is 2. The van der Waals surface area contributed by atoms with Crippen molar-refractivity contribution in [3.8, 4) is 0 Å². The molecule has 9 heteroatoms. The molecule has 0 aliphatic carbocycles. The van der Waals surface area contributed by atoms with E-state index in [4.69, 9.17) is 16.8 Å². The molecule has 2 aromatic rings. The van der Waals surface area contributed by atoms with Gasteiger partial charge in [0.25, 0.3) is 5.69 Å². The Balaban J connectivity index is 2.17. The van der Waals surface area contributed by atoms with Crippen LogP contribution in [0.2, 0.25) is 5.02 Å². The monoisotopic (exact) mass is 390 g/mol. The van der Waals surface area contributed by atoms with E-state index in [9.17, 15) is 14.9 Å². The van der Waals surface area contributed by atoms with Gasteiger partial charge in [-0.05, 0) is 50.1 Å². The van der Waals surface area contributed by atoms with Crippen LogP contribution in [0.15, 0.2) is 47.6 Å². The van der Waals surface area contributed by atoms with Crippen molar-refractivity contribution in [1.82, 2.24) is 5.32 Å². The van der Waals surface area contributed by atoms with Gasteiger partial charge in [0.05, 0.1) is 16.2 Å². The normalized spacial score (nSPS) is 11.8. The summed E-state index contributed by atoms with van der Waals surface area (Å²) in [5.41, 5.74) is 1.16. The molecule has 0 bridgehead atoms. The maximum absolute atomic E-state index is 12.4. The Bertz CT molecular complexity index is 912. The molecular formula is C18H19ClN4O4. The molecule has 8 nitrogen and oxygen atoms in total. The molecule has 2 rings (SSSR count). The van der Waals surface area contributed by atoms with E-state index in [1.165, 1.54) is 18.2 Å². The summed E-state index contributed by atoms with van der Waals surface area (Å²) in [5.74, 6) is 0. The van der Waals surface area contributed by atoms with E-state index < -0.39 is 16.5 Å². The molecule has 27 heavy (non-hydrogen) atoms. The van der Waals surface area contributed by atoms with E-state index in [1.807, 2.05) is 12.1 Å². The number of benzene rings is 2. The van der Waals surface area contributed by atoms with E-state index in [0.717, 1.165) is 11.1 Å². The van der Waals surface area contributed by atoms with E-state index in [-0.39, 0.29) is 16.4 Å². The minimum absolute atomic E-state index is 0.0102. The molecule has 3 N–H and O–H groups in total. The average molecular weight is 391 g/mol. The first kappa shape index (κ1) is 20.2. The summed E-state index contributed by atoms with van der Waals surface area (Å²) < 4.78 is 0. The van der Waals surface area contributed by atoms with Gasteiger partial charge in [-0.25, -0.2) is 4.79 Å². The molecule has 2 amide bonds. The number of amides is 2. The molecule has 0 spiro atoms. The lowest BCUT2D eigenvalue weighted by Crippen LogP contribution is -2.43. The third-order valence-electron chi connectivity index (χ3n) is 3.98. The van der Waals surface area contributed by atoms with Crippen LogP contribution in [0.1, 0.15) is 31.9 Å². The van der Waals surface area contributed by atoms with Crippen molar-refractivity contribution in [2.45, 2.75) is 26.3 Å². The largest absolute Gasteiger partial charge is 0.411 e. The number of urea groups is 1. The van der Waals surface area contributed by atoms with Gasteiger partial charge in [-0.3, -0.25) is 10.1 Å². The highest BCUT2D eigenvalue weighted by Crippen LogP contribution is 2.27. The lowest BCUT2D eigenvalue weighted by molar-refractivity contribution is -0.384. The van der Waals surface area contributed by atoms with Gasteiger partial charge in [0.15, 0.2) is 0 Å². The maximum atomic E-state index is 12.4. The molecule has 0 aliphatic rings. The number of carbonyl (C=O) groups excluding carboxylic acids is 1. The molecule has 0 aromatic heterocycles. The highest BCUT2D eigenvalue weighted by Gasteiger charge is 2.24. The number of nitro groups is 1. The first-order chi connectivity index (χ1) is 12.6. The Labute approximate surface area is 161 Å². The maximum Gasteiger partial charge on any atom is 0.319 e. The Kier molecular flexibility index (Phi) is 6.02. The minimum atomic E-state index is -0.756. The standard InChI is InChI=1S/C18H19ClN4O4/c1-11(22-25)12-5-4-6-13(9-12)18(2,3)21-17(24)20-14-7-8-15(19)16(10-14)23(26)27/h4-10,25H,1-3H3,(H2,20,21,24). The molecule has 0 aliphatic heterocycles. The number of rotatable bonds is 5. The Morgan fingerprint density at radius 2 is 1.96 bits per heavy atom. The predicted molar refractivity (Wildman–Crippen MR) is 104 cm³/mol. The van der Waals surface area contributed by atoms with Gasteiger partial charge < -0.3 is 15.8 Å². The van der Waals surface area contributed by atoms with Crippen LogP contribution in [-0.4, -0.2) is 21.9 Å². The van der Waals surface area contributed by atoms with Crippen LogP contribution >= 0.6 is 11.6 Å². The van der Waals surface area contributed by atoms with Crippen LogP contribution in [0.4, 0.5) is 16.2 Å². The van der Waals surface area contributed by atoms with Gasteiger partial charge in [-0.1, -0.05) is 35.0 Å². The van der Waals surface area contributed by atoms with Crippen molar-refractivity contribution in [3.05, 3.63) is 68.7 Å². The van der Waals surface area contributed by atoms with Crippen LogP contribution in [0, 0.1) is 10.1 Å². The van der Waals surface area contributed by atoms with Crippen molar-refractivity contribution in [2.75, 3.05) is 5.32 Å². The molecule has 142 valence electrons. The molecule has 0 radical (unpaired) electrons. The van der Waals surface area contributed by atoms with Crippen molar-refractivity contribution in [2.24, 2.45) is 5.16 Å². The molecule has 2 aromatic carbocycles. The third-order valence-corrected chi connectivity index (χ3v) is 4.30. The summed E-state index contributed by atoms with van der Waals surface area (Å²) in [5, 5.41) is 28.4. The van der Waals surface area contributed by atoms with Crippen molar-refractivity contribution in [3.63, 3.8) is 0 Å². The van der Waals surface area contributed by atoms with Crippen LogP contribution in [0.3, 0.4) is 0 Å². The summed E-state index contributed by atoms with van der Waals surface area (Å²) >= 11 is 5.77. The third kappa shape index (κ3) is 4.95. The zero-order valence-electron chi connectivity index (χ0n) is 15.0. The highest BCUT2D eigenvalue weighted by molar-refractivity contribution is 6.32. The summed E-state index contributed by atoms with van der Waals surface area (Å²) in [7, 11) is 0. The summed E-state index contributed by atoms with van der Waals surface area (Å²) in [6.07, 6.45) is 0. The summed E-state index contributed by atoms with van der Waals surface area (Å²) in [4.78, 5) is 22.7. The van der Waals surface area contributed by atoms with E-state index in [0.29, 0.717) is 5.71 Å². The zero-order chi connectivity index (χ0) is 20.2. The van der Waals surface area contributed by atoms with E-state index >= 15 is 0 Å². The van der Waals surface area contributed by atoms with Crippen molar-refractivity contribution < 1.29 is 14.9 Å². The lowest BCUT2D eigenvalue weighted by atomic mass is 9.92. The van der Waals surface area contributed by atoms with E-state index in [2.05, 4.69) is 15.8 Å². The first-order valence-electron chi connectivity index (χ1n) is 7.96. The lowest BCUT2D eigenvalue weighted by Gasteiger charge is -2.27. The first-order valence-corrected chi connectivity index (χ1v) is 8.34. The summed E-state index contributed by atoms with van der Waals surface area (Å²) in [6.45, 7) is 5.28. The quantitative estimate of drug-likeness (QED) is 0.301. The molecule has 0 atom stereocenters. The second-order valence-corrected chi connectivity index (χ2v) is 6.80. The molecule has 0 saturated heterocycles.